The average Bonchev–Trinajstić information content (AvgIpc) is 2.78. The van der Waals surface area contributed by atoms with Crippen molar-refractivity contribution in [2.75, 3.05) is 26.4 Å². The predicted octanol–water partition coefficient (Wildman–Crippen LogP) is 7.00. The Balaban J connectivity index is 2.44. The Kier molecular flexibility index (Phi) is 11.2. The van der Waals surface area contributed by atoms with E-state index in [4.69, 9.17) is 18.9 Å². The quantitative estimate of drug-likeness (QED) is 0.301. The lowest BCUT2D eigenvalue weighted by Gasteiger charge is -2.13. The molecule has 0 unspecified atom stereocenters. The Bertz CT molecular complexity index is 883. The molecule has 0 heterocycles. The van der Waals surface area contributed by atoms with Crippen molar-refractivity contribution in [1.82, 2.24) is 0 Å². The monoisotopic (exact) mass is 488 g/mol. The molecule has 0 N–H and O–H groups in total. The van der Waals surface area contributed by atoms with Gasteiger partial charge >= 0.3 is 0 Å². The zero-order chi connectivity index (χ0) is 22.5. The smallest absolute Gasteiger partial charge is 0.136 e. The van der Waals surface area contributed by atoms with Crippen LogP contribution in [0.5, 0.6) is 23.0 Å². The van der Waals surface area contributed by atoms with Crippen LogP contribution in [0.25, 0.3) is 0 Å². The summed E-state index contributed by atoms with van der Waals surface area (Å²) in [7, 11) is 0. The van der Waals surface area contributed by atoms with Gasteiger partial charge in [0.25, 0.3) is 0 Å². The van der Waals surface area contributed by atoms with Crippen molar-refractivity contribution < 1.29 is 18.9 Å². The molecule has 0 bridgehead atoms. The highest BCUT2D eigenvalue weighted by Crippen LogP contribution is 2.33. The van der Waals surface area contributed by atoms with Crippen LogP contribution in [0, 0.1) is 11.8 Å². The molecule has 0 aliphatic rings. The topological polar surface area (TPSA) is 36.9 Å². The lowest BCUT2D eigenvalue weighted by molar-refractivity contribution is 0.306. The van der Waals surface area contributed by atoms with E-state index < -0.39 is 0 Å². The molecule has 0 atom stereocenters. The van der Waals surface area contributed by atoms with Crippen molar-refractivity contribution in [2.24, 2.45) is 0 Å². The molecular weight excluding hydrogens is 456 g/mol. The SMILES string of the molecule is CCCOc1ccc(OCCC)c(C#Cc2cc(OCCC)c(Br)cc2OCCC)c1. The summed E-state index contributed by atoms with van der Waals surface area (Å²) in [4.78, 5) is 0. The van der Waals surface area contributed by atoms with E-state index in [-0.39, 0.29) is 0 Å². The number of hydrogen-bond acceptors (Lipinski definition) is 4. The van der Waals surface area contributed by atoms with Crippen LogP contribution in [0.4, 0.5) is 0 Å². The third kappa shape index (κ3) is 8.03. The van der Waals surface area contributed by atoms with Gasteiger partial charge in [-0.25, -0.2) is 0 Å². The molecule has 0 aliphatic heterocycles. The summed E-state index contributed by atoms with van der Waals surface area (Å²) in [6.45, 7) is 10.9. The minimum atomic E-state index is 0.626. The summed E-state index contributed by atoms with van der Waals surface area (Å²) in [6, 6.07) is 9.66. The van der Waals surface area contributed by atoms with E-state index in [0.717, 1.165) is 64.3 Å². The third-order valence-electron chi connectivity index (χ3n) is 4.17. The lowest BCUT2D eigenvalue weighted by atomic mass is 10.1. The average molecular weight is 489 g/mol. The molecule has 0 saturated carbocycles. The Labute approximate surface area is 195 Å². The summed E-state index contributed by atoms with van der Waals surface area (Å²) in [5.74, 6) is 9.59. The van der Waals surface area contributed by atoms with E-state index in [1.807, 2.05) is 30.3 Å². The molecule has 2 aromatic carbocycles. The highest BCUT2D eigenvalue weighted by Gasteiger charge is 2.10. The van der Waals surface area contributed by atoms with Crippen LogP contribution in [0.15, 0.2) is 34.8 Å². The van der Waals surface area contributed by atoms with Crippen molar-refractivity contribution in [3.8, 4) is 34.8 Å². The molecule has 0 aliphatic carbocycles. The van der Waals surface area contributed by atoms with Crippen LogP contribution in [-0.4, -0.2) is 26.4 Å². The summed E-state index contributed by atoms with van der Waals surface area (Å²) >= 11 is 3.58. The maximum Gasteiger partial charge on any atom is 0.136 e. The Hall–Kier alpha value is -2.32. The van der Waals surface area contributed by atoms with E-state index in [1.54, 1.807) is 0 Å². The molecule has 0 amide bonds. The van der Waals surface area contributed by atoms with Gasteiger partial charge in [0.15, 0.2) is 0 Å². The van der Waals surface area contributed by atoms with Crippen molar-refractivity contribution in [1.29, 1.82) is 0 Å². The van der Waals surface area contributed by atoms with Crippen LogP contribution < -0.4 is 18.9 Å². The normalized spacial score (nSPS) is 10.2. The van der Waals surface area contributed by atoms with E-state index in [0.29, 0.717) is 26.4 Å². The fraction of sp³-hybridized carbons (Fsp3) is 0.462. The predicted molar refractivity (Wildman–Crippen MR) is 130 cm³/mol. The van der Waals surface area contributed by atoms with Crippen molar-refractivity contribution in [3.63, 3.8) is 0 Å². The number of halogens is 1. The van der Waals surface area contributed by atoms with Crippen LogP contribution in [0.1, 0.15) is 64.5 Å². The van der Waals surface area contributed by atoms with Gasteiger partial charge < -0.3 is 18.9 Å². The van der Waals surface area contributed by atoms with Gasteiger partial charge in [0, 0.05) is 6.07 Å². The summed E-state index contributed by atoms with van der Waals surface area (Å²) in [5, 5.41) is 0. The summed E-state index contributed by atoms with van der Waals surface area (Å²) < 4.78 is 24.4. The Morgan fingerprint density at radius 2 is 1.13 bits per heavy atom. The van der Waals surface area contributed by atoms with Crippen molar-refractivity contribution in [3.05, 3.63) is 45.9 Å². The molecule has 0 aromatic heterocycles. The zero-order valence-corrected chi connectivity index (χ0v) is 20.6. The van der Waals surface area contributed by atoms with E-state index in [9.17, 15) is 0 Å². The molecule has 0 spiro atoms. The van der Waals surface area contributed by atoms with Crippen LogP contribution in [-0.2, 0) is 0 Å². The molecule has 0 fully saturated rings. The number of benzene rings is 2. The standard InChI is InChI=1S/C26H33BrO4/c1-5-13-28-22-11-12-24(29-14-6-2)20(17-22)9-10-21-18-26(31-16-8-4)23(27)19-25(21)30-15-7-3/h11-12,17-19H,5-8,13-16H2,1-4H3. The van der Waals surface area contributed by atoms with Gasteiger partial charge in [-0.15, -0.1) is 0 Å². The fourth-order valence-electron chi connectivity index (χ4n) is 2.68. The molecule has 5 heteroatoms. The maximum absolute atomic E-state index is 5.94. The van der Waals surface area contributed by atoms with E-state index >= 15 is 0 Å². The van der Waals surface area contributed by atoms with Gasteiger partial charge in [-0.3, -0.25) is 0 Å². The molecule has 168 valence electrons. The first-order valence-corrected chi connectivity index (χ1v) is 11.9. The molecule has 0 radical (unpaired) electrons. The van der Waals surface area contributed by atoms with Gasteiger partial charge in [0.05, 0.1) is 42.0 Å². The second-order valence-electron chi connectivity index (χ2n) is 7.08. The Morgan fingerprint density at radius 3 is 1.74 bits per heavy atom. The van der Waals surface area contributed by atoms with Gasteiger partial charge in [-0.2, -0.15) is 0 Å². The van der Waals surface area contributed by atoms with Crippen LogP contribution >= 0.6 is 15.9 Å². The van der Waals surface area contributed by atoms with Crippen LogP contribution in [0.3, 0.4) is 0 Å². The largest absolute Gasteiger partial charge is 0.494 e. The van der Waals surface area contributed by atoms with Gasteiger partial charge in [0.2, 0.25) is 0 Å². The van der Waals surface area contributed by atoms with Gasteiger partial charge in [-0.05, 0) is 65.9 Å². The second-order valence-corrected chi connectivity index (χ2v) is 7.93. The first kappa shape index (κ1) is 24.9. The lowest BCUT2D eigenvalue weighted by Crippen LogP contribution is -2.01. The summed E-state index contributed by atoms with van der Waals surface area (Å²) in [6.07, 6.45) is 3.74. The van der Waals surface area contributed by atoms with E-state index in [1.165, 1.54) is 0 Å². The highest BCUT2D eigenvalue weighted by molar-refractivity contribution is 9.10. The van der Waals surface area contributed by atoms with Gasteiger partial charge in [0.1, 0.15) is 23.0 Å². The molecule has 2 aromatic rings. The molecule has 0 saturated heterocycles. The van der Waals surface area contributed by atoms with Gasteiger partial charge in [-0.1, -0.05) is 39.5 Å². The summed E-state index contributed by atoms with van der Waals surface area (Å²) in [5.41, 5.74) is 1.58. The van der Waals surface area contributed by atoms with E-state index in [2.05, 4.69) is 55.5 Å². The minimum Gasteiger partial charge on any atom is -0.494 e. The first-order chi connectivity index (χ1) is 15.1. The molecular formula is C26H33BrO4. The third-order valence-corrected chi connectivity index (χ3v) is 4.79. The van der Waals surface area contributed by atoms with Crippen LogP contribution in [0.2, 0.25) is 0 Å². The van der Waals surface area contributed by atoms with Crippen molar-refractivity contribution >= 4 is 15.9 Å². The minimum absolute atomic E-state index is 0.626. The zero-order valence-electron chi connectivity index (χ0n) is 19.1. The number of hydrogen-bond donors (Lipinski definition) is 0. The van der Waals surface area contributed by atoms with Crippen molar-refractivity contribution in [2.45, 2.75) is 53.4 Å². The maximum atomic E-state index is 5.94. The number of ether oxygens (including phenoxy) is 4. The fourth-order valence-corrected chi connectivity index (χ4v) is 3.11. The molecule has 31 heavy (non-hydrogen) atoms. The number of rotatable bonds is 12. The highest BCUT2D eigenvalue weighted by atomic mass is 79.9. The Morgan fingerprint density at radius 1 is 0.613 bits per heavy atom. The second kappa shape index (κ2) is 13.9. The first-order valence-electron chi connectivity index (χ1n) is 11.1. The molecule has 4 nitrogen and oxygen atoms in total. The molecule has 2 rings (SSSR count).